The Bertz CT molecular complexity index is 922. The lowest BCUT2D eigenvalue weighted by Crippen LogP contribution is -2.22. The largest absolute Gasteiger partial charge is 0.494 e. The summed E-state index contributed by atoms with van der Waals surface area (Å²) in [4.78, 5) is 4.23. The molecular formula is C19H17ClF2N2O. The number of hydrogen-bond donors (Lipinski definition) is 0. The predicted molar refractivity (Wildman–Crippen MR) is 93.6 cm³/mol. The minimum Gasteiger partial charge on any atom is -0.494 e. The van der Waals surface area contributed by atoms with Gasteiger partial charge in [0.25, 0.3) is 0 Å². The van der Waals surface area contributed by atoms with Crippen molar-refractivity contribution in [1.82, 2.24) is 9.55 Å². The molecule has 0 bridgehead atoms. The molecule has 0 amide bonds. The van der Waals surface area contributed by atoms with Crippen molar-refractivity contribution in [3.8, 4) is 11.4 Å². The second kappa shape index (κ2) is 6.48. The molecule has 0 aliphatic carbocycles. The SMILES string of the molecule is COc1cc(-n2cncc2C(C)(C)c2ccc(F)c(Cl)c2)ccc1F. The van der Waals surface area contributed by atoms with Gasteiger partial charge in [-0.2, -0.15) is 0 Å². The van der Waals surface area contributed by atoms with Gasteiger partial charge in [-0.1, -0.05) is 31.5 Å². The number of hydrogen-bond acceptors (Lipinski definition) is 2. The summed E-state index contributed by atoms with van der Waals surface area (Å²) in [6, 6.07) is 9.26. The molecule has 0 N–H and O–H groups in total. The Morgan fingerprint density at radius 1 is 1.08 bits per heavy atom. The lowest BCUT2D eigenvalue weighted by atomic mass is 9.81. The summed E-state index contributed by atoms with van der Waals surface area (Å²) in [6.45, 7) is 3.98. The summed E-state index contributed by atoms with van der Waals surface area (Å²) in [7, 11) is 1.42. The van der Waals surface area contributed by atoms with Gasteiger partial charge in [-0.3, -0.25) is 0 Å². The smallest absolute Gasteiger partial charge is 0.165 e. The molecule has 0 saturated heterocycles. The Morgan fingerprint density at radius 2 is 1.80 bits per heavy atom. The number of nitrogens with zero attached hydrogens (tertiary/aromatic N) is 2. The van der Waals surface area contributed by atoms with Gasteiger partial charge in [0.2, 0.25) is 0 Å². The molecule has 1 heterocycles. The average Bonchev–Trinajstić information content (AvgIpc) is 3.08. The summed E-state index contributed by atoms with van der Waals surface area (Å²) in [5.41, 5.74) is 1.90. The van der Waals surface area contributed by atoms with Crippen LogP contribution in [0, 0.1) is 11.6 Å². The Hall–Kier alpha value is -2.40. The van der Waals surface area contributed by atoms with E-state index < -0.39 is 17.0 Å². The molecule has 3 nitrogen and oxygen atoms in total. The maximum Gasteiger partial charge on any atom is 0.165 e. The van der Waals surface area contributed by atoms with Gasteiger partial charge >= 0.3 is 0 Å². The first-order valence-corrected chi connectivity index (χ1v) is 8.04. The summed E-state index contributed by atoms with van der Waals surface area (Å²) in [5.74, 6) is -0.740. The number of aromatic nitrogens is 2. The highest BCUT2D eigenvalue weighted by Gasteiger charge is 2.28. The third-order valence-electron chi connectivity index (χ3n) is 4.33. The number of rotatable bonds is 4. The highest BCUT2D eigenvalue weighted by molar-refractivity contribution is 6.30. The van der Waals surface area contributed by atoms with Crippen LogP contribution < -0.4 is 4.74 Å². The van der Waals surface area contributed by atoms with Crippen LogP contribution in [-0.4, -0.2) is 16.7 Å². The van der Waals surface area contributed by atoms with Crippen molar-refractivity contribution in [3.05, 3.63) is 76.8 Å². The monoisotopic (exact) mass is 362 g/mol. The van der Waals surface area contributed by atoms with E-state index in [0.29, 0.717) is 5.69 Å². The van der Waals surface area contributed by atoms with Crippen LogP contribution >= 0.6 is 11.6 Å². The maximum atomic E-state index is 13.7. The zero-order valence-electron chi connectivity index (χ0n) is 14.1. The number of imidazole rings is 1. The van der Waals surface area contributed by atoms with Crippen LogP contribution in [0.25, 0.3) is 5.69 Å². The molecule has 6 heteroatoms. The molecule has 0 fully saturated rings. The van der Waals surface area contributed by atoms with Crippen molar-refractivity contribution in [1.29, 1.82) is 0 Å². The zero-order chi connectivity index (χ0) is 18.2. The molecule has 0 spiro atoms. The standard InChI is InChI=1S/C19H17ClF2N2O/c1-19(2,12-4-6-15(21)14(20)8-12)18-10-23-11-24(18)13-5-7-16(22)17(9-13)25-3/h4-11H,1-3H3. The van der Waals surface area contributed by atoms with Crippen molar-refractivity contribution in [2.75, 3.05) is 7.11 Å². The van der Waals surface area contributed by atoms with Crippen LogP contribution in [0.2, 0.25) is 5.02 Å². The van der Waals surface area contributed by atoms with E-state index in [4.69, 9.17) is 16.3 Å². The lowest BCUT2D eigenvalue weighted by Gasteiger charge is -2.27. The molecule has 2 aromatic carbocycles. The van der Waals surface area contributed by atoms with Crippen LogP contribution in [0.3, 0.4) is 0 Å². The predicted octanol–water partition coefficient (Wildman–Crippen LogP) is 5.14. The fourth-order valence-electron chi connectivity index (χ4n) is 2.79. The first-order chi connectivity index (χ1) is 11.8. The molecule has 0 atom stereocenters. The van der Waals surface area contributed by atoms with Crippen LogP contribution in [0.4, 0.5) is 8.78 Å². The first kappa shape index (κ1) is 17.4. The number of halogens is 3. The van der Waals surface area contributed by atoms with E-state index in [1.165, 1.54) is 19.2 Å². The van der Waals surface area contributed by atoms with Gasteiger partial charge in [0.1, 0.15) is 5.82 Å². The summed E-state index contributed by atoms with van der Waals surface area (Å²) < 4.78 is 34.1. The number of benzene rings is 2. The Morgan fingerprint density at radius 3 is 2.48 bits per heavy atom. The highest BCUT2D eigenvalue weighted by Crippen LogP contribution is 2.35. The van der Waals surface area contributed by atoms with E-state index in [9.17, 15) is 8.78 Å². The minimum atomic E-state index is -0.505. The molecule has 25 heavy (non-hydrogen) atoms. The second-order valence-electron chi connectivity index (χ2n) is 6.22. The van der Waals surface area contributed by atoms with Crippen LogP contribution in [0.1, 0.15) is 25.1 Å². The van der Waals surface area contributed by atoms with Crippen molar-refractivity contribution >= 4 is 11.6 Å². The van der Waals surface area contributed by atoms with Gasteiger partial charge in [0.05, 0.1) is 29.8 Å². The van der Waals surface area contributed by atoms with E-state index in [2.05, 4.69) is 4.98 Å². The fraction of sp³-hybridized carbons (Fsp3) is 0.211. The molecule has 0 aliphatic rings. The maximum absolute atomic E-state index is 13.7. The van der Waals surface area contributed by atoms with Crippen molar-refractivity contribution in [2.24, 2.45) is 0 Å². The highest BCUT2D eigenvalue weighted by atomic mass is 35.5. The summed E-state index contributed by atoms with van der Waals surface area (Å²) >= 11 is 5.94. The van der Waals surface area contributed by atoms with Gasteiger partial charge in [0, 0.05) is 17.7 Å². The summed E-state index contributed by atoms with van der Waals surface area (Å²) in [6.07, 6.45) is 3.38. The summed E-state index contributed by atoms with van der Waals surface area (Å²) in [5, 5.41) is 0.0695. The van der Waals surface area contributed by atoms with Gasteiger partial charge in [-0.15, -0.1) is 0 Å². The van der Waals surface area contributed by atoms with E-state index in [1.54, 1.807) is 36.8 Å². The van der Waals surface area contributed by atoms with Crippen LogP contribution in [0.15, 0.2) is 48.9 Å². The van der Waals surface area contributed by atoms with E-state index in [-0.39, 0.29) is 10.8 Å². The Balaban J connectivity index is 2.10. The van der Waals surface area contributed by atoms with Crippen molar-refractivity contribution < 1.29 is 13.5 Å². The zero-order valence-corrected chi connectivity index (χ0v) is 14.8. The third kappa shape index (κ3) is 3.12. The molecule has 0 aliphatic heterocycles. The molecule has 130 valence electrons. The topological polar surface area (TPSA) is 27.1 Å². The molecule has 3 rings (SSSR count). The second-order valence-corrected chi connectivity index (χ2v) is 6.63. The molecule has 0 radical (unpaired) electrons. The molecule has 3 aromatic rings. The lowest BCUT2D eigenvalue weighted by molar-refractivity contribution is 0.386. The van der Waals surface area contributed by atoms with Gasteiger partial charge in [0.15, 0.2) is 11.6 Å². The van der Waals surface area contributed by atoms with E-state index in [0.717, 1.165) is 11.3 Å². The van der Waals surface area contributed by atoms with Crippen LogP contribution in [-0.2, 0) is 5.41 Å². The third-order valence-corrected chi connectivity index (χ3v) is 4.62. The molecular weight excluding hydrogens is 346 g/mol. The quantitative estimate of drug-likeness (QED) is 0.642. The Kier molecular flexibility index (Phi) is 4.52. The Labute approximate surface area is 149 Å². The molecule has 0 saturated carbocycles. The minimum absolute atomic E-state index is 0.0695. The average molecular weight is 363 g/mol. The van der Waals surface area contributed by atoms with Gasteiger partial charge in [-0.05, 0) is 29.8 Å². The van der Waals surface area contributed by atoms with Gasteiger partial charge in [-0.25, -0.2) is 13.8 Å². The van der Waals surface area contributed by atoms with E-state index >= 15 is 0 Å². The van der Waals surface area contributed by atoms with Gasteiger partial charge < -0.3 is 9.30 Å². The molecule has 0 unspecified atom stereocenters. The number of methoxy groups -OCH3 is 1. The van der Waals surface area contributed by atoms with E-state index in [1.807, 2.05) is 18.4 Å². The number of ether oxygens (including phenoxy) is 1. The first-order valence-electron chi connectivity index (χ1n) is 7.67. The fourth-order valence-corrected chi connectivity index (χ4v) is 2.97. The normalized spacial score (nSPS) is 11.6. The molecule has 1 aromatic heterocycles. The van der Waals surface area contributed by atoms with Crippen LogP contribution in [0.5, 0.6) is 5.75 Å². The van der Waals surface area contributed by atoms with Crippen molar-refractivity contribution in [3.63, 3.8) is 0 Å². The van der Waals surface area contributed by atoms with Crippen molar-refractivity contribution in [2.45, 2.75) is 19.3 Å².